The van der Waals surface area contributed by atoms with Crippen LogP contribution >= 0.6 is 15.9 Å². The number of halogens is 2. The second-order valence-electron chi connectivity index (χ2n) is 4.11. The van der Waals surface area contributed by atoms with Gasteiger partial charge in [0.2, 0.25) is 0 Å². The maximum atomic E-state index is 13.1. The zero-order valence-electron chi connectivity index (χ0n) is 10.0. The van der Waals surface area contributed by atoms with Crippen molar-refractivity contribution in [1.82, 2.24) is 10.3 Å². The minimum Gasteiger partial charge on any atom is -0.305 e. The quantitative estimate of drug-likeness (QED) is 0.928. The maximum absolute atomic E-state index is 13.1. The van der Waals surface area contributed by atoms with Crippen molar-refractivity contribution in [2.75, 3.05) is 0 Å². The highest BCUT2D eigenvalue weighted by molar-refractivity contribution is 9.10. The molecule has 2 nitrogen and oxygen atoms in total. The van der Waals surface area contributed by atoms with E-state index in [-0.39, 0.29) is 11.9 Å². The first-order valence-electron chi connectivity index (χ1n) is 5.75. The summed E-state index contributed by atoms with van der Waals surface area (Å²) in [5.41, 5.74) is 2.03. The van der Waals surface area contributed by atoms with E-state index in [4.69, 9.17) is 0 Å². The fourth-order valence-electron chi connectivity index (χ4n) is 1.66. The van der Waals surface area contributed by atoms with E-state index in [1.807, 2.05) is 18.2 Å². The van der Waals surface area contributed by atoms with Crippen molar-refractivity contribution in [3.8, 4) is 0 Å². The molecule has 2 aromatic rings. The Kier molecular flexibility index (Phi) is 4.44. The summed E-state index contributed by atoms with van der Waals surface area (Å²) in [5.74, 6) is -0.239. The molecule has 0 aliphatic rings. The van der Waals surface area contributed by atoms with E-state index in [1.54, 1.807) is 18.3 Å². The molecule has 1 aromatic carbocycles. The van der Waals surface area contributed by atoms with Crippen molar-refractivity contribution in [3.05, 3.63) is 64.1 Å². The predicted octanol–water partition coefficient (Wildman–Crippen LogP) is 3.83. The third-order valence-electron chi connectivity index (χ3n) is 2.73. The molecule has 4 heteroatoms. The minimum absolute atomic E-state index is 0.162. The molecule has 0 saturated heterocycles. The Morgan fingerprint density at radius 1 is 1.33 bits per heavy atom. The van der Waals surface area contributed by atoms with Crippen molar-refractivity contribution in [1.29, 1.82) is 0 Å². The monoisotopic (exact) mass is 308 g/mol. The molecule has 1 aromatic heterocycles. The van der Waals surface area contributed by atoms with Crippen LogP contribution in [0.25, 0.3) is 0 Å². The molecule has 1 N–H and O–H groups in total. The molecule has 1 heterocycles. The normalized spacial score (nSPS) is 12.4. The summed E-state index contributed by atoms with van der Waals surface area (Å²) in [5, 5.41) is 3.36. The van der Waals surface area contributed by atoms with Crippen molar-refractivity contribution < 1.29 is 4.39 Å². The zero-order chi connectivity index (χ0) is 13.0. The Hall–Kier alpha value is -1.26. The second kappa shape index (κ2) is 6.07. The molecule has 0 fully saturated rings. The number of rotatable bonds is 4. The van der Waals surface area contributed by atoms with Crippen LogP contribution < -0.4 is 5.32 Å². The molecule has 0 saturated carbocycles. The van der Waals surface area contributed by atoms with Gasteiger partial charge in [-0.1, -0.05) is 12.1 Å². The molecule has 0 bridgehead atoms. The molecular weight excluding hydrogens is 295 g/mol. The molecule has 18 heavy (non-hydrogen) atoms. The highest BCUT2D eigenvalue weighted by Crippen LogP contribution is 2.17. The van der Waals surface area contributed by atoms with Gasteiger partial charge in [0.05, 0.1) is 10.2 Å². The van der Waals surface area contributed by atoms with Crippen LogP contribution in [0, 0.1) is 5.82 Å². The van der Waals surface area contributed by atoms with Crippen LogP contribution in [0.15, 0.2) is 47.1 Å². The number of nitrogens with zero attached hydrogens (tertiary/aromatic N) is 1. The van der Waals surface area contributed by atoms with E-state index in [1.165, 1.54) is 6.07 Å². The highest BCUT2D eigenvalue weighted by atomic mass is 79.9. The van der Waals surface area contributed by atoms with Crippen LogP contribution in [0.1, 0.15) is 24.2 Å². The van der Waals surface area contributed by atoms with Gasteiger partial charge in [0.25, 0.3) is 0 Å². The van der Waals surface area contributed by atoms with Gasteiger partial charge in [-0.2, -0.15) is 0 Å². The molecule has 0 spiro atoms. The summed E-state index contributed by atoms with van der Waals surface area (Å²) < 4.78 is 13.6. The van der Waals surface area contributed by atoms with Gasteiger partial charge in [0.1, 0.15) is 5.82 Å². The lowest BCUT2D eigenvalue weighted by atomic mass is 10.2. The lowest BCUT2D eigenvalue weighted by Gasteiger charge is -2.13. The molecule has 1 atom stereocenters. The van der Waals surface area contributed by atoms with Crippen LogP contribution in [0.2, 0.25) is 0 Å². The Bertz CT molecular complexity index is 516. The topological polar surface area (TPSA) is 24.9 Å². The predicted molar refractivity (Wildman–Crippen MR) is 73.6 cm³/mol. The summed E-state index contributed by atoms with van der Waals surface area (Å²) in [4.78, 5) is 4.29. The molecule has 0 unspecified atom stereocenters. The molecule has 2 rings (SSSR count). The third kappa shape index (κ3) is 3.37. The first-order valence-corrected chi connectivity index (χ1v) is 6.54. The van der Waals surface area contributed by atoms with Gasteiger partial charge in [-0.3, -0.25) is 4.98 Å². The molecular formula is C14H14BrFN2. The van der Waals surface area contributed by atoms with Crippen molar-refractivity contribution in [3.63, 3.8) is 0 Å². The van der Waals surface area contributed by atoms with Gasteiger partial charge in [0, 0.05) is 18.8 Å². The van der Waals surface area contributed by atoms with Crippen LogP contribution in [-0.2, 0) is 6.54 Å². The Labute approximate surface area is 114 Å². The van der Waals surface area contributed by atoms with E-state index in [0.29, 0.717) is 11.0 Å². The average Bonchev–Trinajstić information content (AvgIpc) is 2.41. The van der Waals surface area contributed by atoms with Gasteiger partial charge in [-0.15, -0.1) is 0 Å². The fraction of sp³-hybridized carbons (Fsp3) is 0.214. The summed E-state index contributed by atoms with van der Waals surface area (Å²) in [6, 6.07) is 11.0. The first-order chi connectivity index (χ1) is 8.66. The number of hydrogen-bond acceptors (Lipinski definition) is 2. The molecule has 0 aliphatic carbocycles. The Morgan fingerprint density at radius 2 is 2.17 bits per heavy atom. The zero-order valence-corrected chi connectivity index (χ0v) is 11.6. The lowest BCUT2D eigenvalue weighted by molar-refractivity contribution is 0.559. The number of benzene rings is 1. The van der Waals surface area contributed by atoms with Gasteiger partial charge in [-0.25, -0.2) is 4.39 Å². The standard InChI is InChI=1S/C14H14BrFN2/c1-10(14-4-2-3-7-17-14)18-9-11-5-6-13(16)12(15)8-11/h2-8,10,18H,9H2,1H3/t10-/m1/s1. The Balaban J connectivity index is 1.97. The third-order valence-corrected chi connectivity index (χ3v) is 3.34. The van der Waals surface area contributed by atoms with Crippen molar-refractivity contribution >= 4 is 15.9 Å². The summed E-state index contributed by atoms with van der Waals surface area (Å²) in [6.07, 6.45) is 1.78. The summed E-state index contributed by atoms with van der Waals surface area (Å²) >= 11 is 3.18. The fourth-order valence-corrected chi connectivity index (χ4v) is 2.08. The summed E-state index contributed by atoms with van der Waals surface area (Å²) in [6.45, 7) is 2.73. The van der Waals surface area contributed by atoms with Crippen LogP contribution in [-0.4, -0.2) is 4.98 Å². The van der Waals surface area contributed by atoms with E-state index in [2.05, 4.69) is 33.2 Å². The molecule has 0 amide bonds. The smallest absolute Gasteiger partial charge is 0.137 e. The van der Waals surface area contributed by atoms with Gasteiger partial charge in [0.15, 0.2) is 0 Å². The van der Waals surface area contributed by atoms with E-state index in [0.717, 1.165) is 11.3 Å². The van der Waals surface area contributed by atoms with E-state index < -0.39 is 0 Å². The number of hydrogen-bond donors (Lipinski definition) is 1. The van der Waals surface area contributed by atoms with Gasteiger partial charge < -0.3 is 5.32 Å². The number of pyridine rings is 1. The Morgan fingerprint density at radius 3 is 2.83 bits per heavy atom. The van der Waals surface area contributed by atoms with E-state index in [9.17, 15) is 4.39 Å². The lowest BCUT2D eigenvalue weighted by Crippen LogP contribution is -2.18. The van der Waals surface area contributed by atoms with E-state index >= 15 is 0 Å². The number of aromatic nitrogens is 1. The molecule has 0 radical (unpaired) electrons. The van der Waals surface area contributed by atoms with Gasteiger partial charge in [-0.05, 0) is 52.7 Å². The average molecular weight is 309 g/mol. The van der Waals surface area contributed by atoms with Crippen LogP contribution in [0.3, 0.4) is 0 Å². The highest BCUT2D eigenvalue weighted by Gasteiger charge is 2.06. The van der Waals surface area contributed by atoms with Crippen LogP contribution in [0.4, 0.5) is 4.39 Å². The van der Waals surface area contributed by atoms with Crippen LogP contribution in [0.5, 0.6) is 0 Å². The largest absolute Gasteiger partial charge is 0.305 e. The number of nitrogens with one attached hydrogen (secondary N) is 1. The summed E-state index contributed by atoms with van der Waals surface area (Å²) in [7, 11) is 0. The first kappa shape index (κ1) is 13.2. The van der Waals surface area contributed by atoms with Crippen molar-refractivity contribution in [2.24, 2.45) is 0 Å². The second-order valence-corrected chi connectivity index (χ2v) is 4.96. The molecule has 0 aliphatic heterocycles. The SMILES string of the molecule is C[C@@H](NCc1ccc(F)c(Br)c1)c1ccccn1. The maximum Gasteiger partial charge on any atom is 0.137 e. The van der Waals surface area contributed by atoms with Crippen molar-refractivity contribution in [2.45, 2.75) is 19.5 Å². The minimum atomic E-state index is -0.239. The van der Waals surface area contributed by atoms with Gasteiger partial charge >= 0.3 is 0 Å². The molecule has 94 valence electrons.